The smallest absolute Gasteiger partial charge is 0.387 e. The van der Waals surface area contributed by atoms with Crippen molar-refractivity contribution in [3.8, 4) is 5.75 Å². The van der Waals surface area contributed by atoms with Crippen LogP contribution in [0.5, 0.6) is 5.75 Å². The maximum absolute atomic E-state index is 13.5. The van der Waals surface area contributed by atoms with E-state index in [0.29, 0.717) is 29.9 Å². The zero-order valence-electron chi connectivity index (χ0n) is 23.1. The van der Waals surface area contributed by atoms with Gasteiger partial charge in [0.25, 0.3) is 5.91 Å². The number of amides is 1. The first-order valence-corrected chi connectivity index (χ1v) is 13.6. The van der Waals surface area contributed by atoms with Crippen LogP contribution in [0.3, 0.4) is 0 Å². The normalized spacial score (nSPS) is 15.2. The zero-order valence-corrected chi connectivity index (χ0v) is 23.1. The number of benzene rings is 1. The van der Waals surface area contributed by atoms with Gasteiger partial charge in [0.15, 0.2) is 0 Å². The summed E-state index contributed by atoms with van der Waals surface area (Å²) in [6, 6.07) is 12.6. The van der Waals surface area contributed by atoms with Crippen molar-refractivity contribution in [1.29, 1.82) is 0 Å². The lowest BCUT2D eigenvalue weighted by molar-refractivity contribution is -0.0498. The number of nitrogens with one attached hydrogen (secondary N) is 1. The summed E-state index contributed by atoms with van der Waals surface area (Å²) in [5.74, 6) is -0.679. The molecule has 10 heteroatoms. The second-order valence-corrected chi connectivity index (χ2v) is 10.2. The summed E-state index contributed by atoms with van der Waals surface area (Å²) >= 11 is 0. The molecule has 1 atom stereocenters. The molecule has 214 valence electrons. The number of likely N-dealkylation sites (tertiary alicyclic amines) is 1. The number of carbonyl (C=O) groups excluding carboxylic acids is 1. The van der Waals surface area contributed by atoms with Gasteiger partial charge in [-0.2, -0.15) is 13.2 Å². The molecule has 1 aromatic carbocycles. The molecule has 1 amide bonds. The molecule has 3 heterocycles. The topological polar surface area (TPSA) is 70.6 Å². The predicted octanol–water partition coefficient (Wildman–Crippen LogP) is 5.51. The SMILES string of the molecule is Cc1cc(F)nc(C)c1C(=O)NCCC(C)N1CCC(N(Cc2cccnc2)c2ccc(OC(F)F)cc2)CC1. The number of hydrogen-bond donors (Lipinski definition) is 1. The van der Waals surface area contributed by atoms with E-state index in [0.717, 1.165) is 43.6 Å². The van der Waals surface area contributed by atoms with Gasteiger partial charge < -0.3 is 19.9 Å². The maximum atomic E-state index is 13.5. The summed E-state index contributed by atoms with van der Waals surface area (Å²) in [5.41, 5.74) is 3.41. The number of alkyl halides is 2. The molecule has 1 unspecified atom stereocenters. The molecule has 1 aliphatic rings. The Bertz CT molecular complexity index is 1230. The molecule has 4 rings (SSSR count). The molecule has 0 aliphatic carbocycles. The van der Waals surface area contributed by atoms with Crippen molar-refractivity contribution in [2.45, 2.75) is 65.3 Å². The van der Waals surface area contributed by atoms with Crippen molar-refractivity contribution in [3.05, 3.63) is 83.2 Å². The first-order chi connectivity index (χ1) is 19.2. The molecule has 1 N–H and O–H groups in total. The van der Waals surface area contributed by atoms with Crippen LogP contribution < -0.4 is 15.0 Å². The predicted molar refractivity (Wildman–Crippen MR) is 148 cm³/mol. The van der Waals surface area contributed by atoms with Gasteiger partial charge in [-0.25, -0.2) is 4.98 Å². The summed E-state index contributed by atoms with van der Waals surface area (Å²) < 4.78 is 43.3. The number of ether oxygens (including phenoxy) is 1. The third kappa shape index (κ3) is 7.71. The van der Waals surface area contributed by atoms with Crippen molar-refractivity contribution >= 4 is 11.6 Å². The quantitative estimate of drug-likeness (QED) is 0.315. The molecule has 0 spiro atoms. The van der Waals surface area contributed by atoms with E-state index < -0.39 is 12.6 Å². The number of piperidine rings is 1. The largest absolute Gasteiger partial charge is 0.435 e. The molecule has 3 aromatic rings. The van der Waals surface area contributed by atoms with Crippen LogP contribution in [0.2, 0.25) is 0 Å². The van der Waals surface area contributed by atoms with Crippen LogP contribution in [0.15, 0.2) is 54.9 Å². The summed E-state index contributed by atoms with van der Waals surface area (Å²) in [7, 11) is 0. The second-order valence-electron chi connectivity index (χ2n) is 10.2. The lowest BCUT2D eigenvalue weighted by Crippen LogP contribution is -2.48. The van der Waals surface area contributed by atoms with E-state index in [1.165, 1.54) is 6.07 Å². The van der Waals surface area contributed by atoms with E-state index in [9.17, 15) is 18.0 Å². The van der Waals surface area contributed by atoms with Crippen molar-refractivity contribution in [1.82, 2.24) is 20.2 Å². The Kier molecular flexibility index (Phi) is 9.98. The lowest BCUT2D eigenvalue weighted by atomic mass is 9.99. The van der Waals surface area contributed by atoms with Gasteiger partial charge in [0, 0.05) is 56.3 Å². The fraction of sp³-hybridized carbons (Fsp3) is 0.433. The Morgan fingerprint density at radius 1 is 1.18 bits per heavy atom. The number of aromatic nitrogens is 2. The van der Waals surface area contributed by atoms with Crippen LogP contribution in [0.4, 0.5) is 18.9 Å². The van der Waals surface area contributed by atoms with Crippen LogP contribution >= 0.6 is 0 Å². The summed E-state index contributed by atoms with van der Waals surface area (Å²) in [6.07, 6.45) is 6.25. The molecule has 1 aliphatic heterocycles. The molecule has 0 saturated carbocycles. The Morgan fingerprint density at radius 3 is 2.52 bits per heavy atom. The number of halogens is 3. The van der Waals surface area contributed by atoms with E-state index >= 15 is 0 Å². The van der Waals surface area contributed by atoms with Gasteiger partial charge in [0.2, 0.25) is 5.95 Å². The van der Waals surface area contributed by atoms with Gasteiger partial charge >= 0.3 is 6.61 Å². The fourth-order valence-corrected chi connectivity index (χ4v) is 5.37. The Morgan fingerprint density at radius 2 is 1.90 bits per heavy atom. The molecule has 1 saturated heterocycles. The standard InChI is InChI=1S/C30H36F3N5O2/c1-20-17-27(31)36-22(3)28(20)29(39)35-14-10-21(2)37-15-11-25(12-16-37)38(19-23-5-4-13-34-18-23)24-6-8-26(9-7-24)40-30(32)33/h4-9,13,17-18,21,25,30H,10-12,14-16,19H2,1-3H3,(H,35,39). The van der Waals surface area contributed by atoms with Gasteiger partial charge in [0.05, 0.1) is 11.3 Å². The van der Waals surface area contributed by atoms with Crippen LogP contribution in [-0.4, -0.2) is 59.1 Å². The monoisotopic (exact) mass is 555 g/mol. The molecular weight excluding hydrogens is 519 g/mol. The van der Waals surface area contributed by atoms with Crippen LogP contribution in [0.1, 0.15) is 53.4 Å². The number of carbonyl (C=O) groups is 1. The molecule has 1 fully saturated rings. The number of aryl methyl sites for hydroxylation is 2. The first-order valence-electron chi connectivity index (χ1n) is 13.6. The number of hydrogen-bond acceptors (Lipinski definition) is 6. The minimum atomic E-state index is -2.86. The Labute approximate surface area is 233 Å². The first kappa shape index (κ1) is 29.3. The average molecular weight is 556 g/mol. The van der Waals surface area contributed by atoms with Crippen LogP contribution in [0.25, 0.3) is 0 Å². The fourth-order valence-electron chi connectivity index (χ4n) is 5.37. The van der Waals surface area contributed by atoms with Crippen molar-refractivity contribution in [3.63, 3.8) is 0 Å². The number of anilines is 1. The third-order valence-electron chi connectivity index (χ3n) is 7.47. The molecule has 0 radical (unpaired) electrons. The third-order valence-corrected chi connectivity index (χ3v) is 7.47. The average Bonchev–Trinajstić information content (AvgIpc) is 2.92. The van der Waals surface area contributed by atoms with E-state index in [1.54, 1.807) is 32.2 Å². The second kappa shape index (κ2) is 13.6. The highest BCUT2D eigenvalue weighted by Crippen LogP contribution is 2.29. The van der Waals surface area contributed by atoms with E-state index in [2.05, 4.69) is 36.7 Å². The molecule has 0 bridgehead atoms. The van der Waals surface area contributed by atoms with Gasteiger partial charge in [-0.1, -0.05) is 6.07 Å². The van der Waals surface area contributed by atoms with Crippen LogP contribution in [-0.2, 0) is 6.54 Å². The Balaban J connectivity index is 1.33. The number of rotatable bonds is 11. The number of pyridine rings is 2. The van der Waals surface area contributed by atoms with Gasteiger partial charge in [-0.3, -0.25) is 9.78 Å². The van der Waals surface area contributed by atoms with E-state index in [-0.39, 0.29) is 23.7 Å². The highest BCUT2D eigenvalue weighted by molar-refractivity contribution is 5.96. The van der Waals surface area contributed by atoms with Crippen molar-refractivity contribution < 1.29 is 22.7 Å². The molecular formula is C30H36F3N5O2. The summed E-state index contributed by atoms with van der Waals surface area (Å²) in [5, 5.41) is 2.96. The number of nitrogens with zero attached hydrogens (tertiary/aromatic N) is 4. The van der Waals surface area contributed by atoms with Crippen molar-refractivity contribution in [2.24, 2.45) is 0 Å². The van der Waals surface area contributed by atoms with Gasteiger partial charge in [-0.05, 0) is 87.6 Å². The summed E-state index contributed by atoms with van der Waals surface area (Å²) in [6.45, 7) is 5.63. The van der Waals surface area contributed by atoms with Crippen molar-refractivity contribution in [2.75, 3.05) is 24.5 Å². The van der Waals surface area contributed by atoms with Crippen LogP contribution in [0, 0.1) is 19.8 Å². The highest BCUT2D eigenvalue weighted by Gasteiger charge is 2.27. The Hall–Kier alpha value is -3.66. The molecule has 2 aromatic heterocycles. The molecule has 40 heavy (non-hydrogen) atoms. The lowest BCUT2D eigenvalue weighted by Gasteiger charge is -2.42. The molecule has 7 nitrogen and oxygen atoms in total. The van der Waals surface area contributed by atoms with E-state index in [1.807, 2.05) is 30.5 Å². The van der Waals surface area contributed by atoms with Gasteiger partial charge in [0.1, 0.15) is 5.75 Å². The van der Waals surface area contributed by atoms with Gasteiger partial charge in [-0.15, -0.1) is 0 Å². The maximum Gasteiger partial charge on any atom is 0.387 e. The van der Waals surface area contributed by atoms with E-state index in [4.69, 9.17) is 0 Å². The minimum Gasteiger partial charge on any atom is -0.435 e. The highest BCUT2D eigenvalue weighted by atomic mass is 19.3. The minimum absolute atomic E-state index is 0.136. The zero-order chi connectivity index (χ0) is 28.6. The summed E-state index contributed by atoms with van der Waals surface area (Å²) in [4.78, 5) is 25.5.